The van der Waals surface area contributed by atoms with Gasteiger partial charge in [-0.25, -0.2) is 4.79 Å². The number of hydrogen-bond donors (Lipinski definition) is 1. The van der Waals surface area contributed by atoms with E-state index in [1.54, 1.807) is 37.4 Å². The van der Waals surface area contributed by atoms with Gasteiger partial charge >= 0.3 is 5.97 Å². The number of anilines is 1. The first kappa shape index (κ1) is 20.9. The SMILES string of the molecule is CCc1ccccc1NC(=O)CN(C)C(=O)C=Cc1ccc(C(=O)OC)cc1. The third-order valence-electron chi connectivity index (χ3n) is 4.18. The van der Waals surface area contributed by atoms with Gasteiger partial charge in [-0.15, -0.1) is 0 Å². The van der Waals surface area contributed by atoms with E-state index in [-0.39, 0.29) is 18.4 Å². The van der Waals surface area contributed by atoms with E-state index in [0.29, 0.717) is 5.56 Å². The third-order valence-corrected chi connectivity index (χ3v) is 4.18. The van der Waals surface area contributed by atoms with Crippen molar-refractivity contribution >= 4 is 29.5 Å². The summed E-state index contributed by atoms with van der Waals surface area (Å²) in [5.41, 5.74) is 3.00. The van der Waals surface area contributed by atoms with Crippen LogP contribution in [-0.2, 0) is 20.7 Å². The van der Waals surface area contributed by atoms with Gasteiger partial charge in [0.1, 0.15) is 0 Å². The van der Waals surface area contributed by atoms with Crippen molar-refractivity contribution in [3.05, 3.63) is 71.3 Å². The summed E-state index contributed by atoms with van der Waals surface area (Å²) in [5, 5.41) is 2.84. The van der Waals surface area contributed by atoms with Gasteiger partial charge < -0.3 is 15.0 Å². The van der Waals surface area contributed by atoms with Crippen molar-refractivity contribution in [2.75, 3.05) is 26.0 Å². The highest BCUT2D eigenvalue weighted by molar-refractivity contribution is 5.98. The quantitative estimate of drug-likeness (QED) is 0.591. The number of para-hydroxylation sites is 1. The summed E-state index contributed by atoms with van der Waals surface area (Å²) in [5.74, 6) is -0.967. The van der Waals surface area contributed by atoms with Crippen LogP contribution in [-0.4, -0.2) is 43.4 Å². The lowest BCUT2D eigenvalue weighted by Gasteiger charge is -2.16. The average molecular weight is 380 g/mol. The summed E-state index contributed by atoms with van der Waals surface area (Å²) in [4.78, 5) is 37.2. The van der Waals surface area contributed by atoms with Crippen LogP contribution in [0.15, 0.2) is 54.6 Å². The molecule has 0 heterocycles. The van der Waals surface area contributed by atoms with Crippen molar-refractivity contribution in [1.82, 2.24) is 4.90 Å². The molecular weight excluding hydrogens is 356 g/mol. The van der Waals surface area contributed by atoms with E-state index >= 15 is 0 Å². The first-order valence-corrected chi connectivity index (χ1v) is 8.94. The minimum Gasteiger partial charge on any atom is -0.465 e. The first-order valence-electron chi connectivity index (χ1n) is 8.94. The van der Waals surface area contributed by atoms with Crippen molar-refractivity contribution in [1.29, 1.82) is 0 Å². The van der Waals surface area contributed by atoms with Crippen LogP contribution in [0.1, 0.15) is 28.4 Å². The summed E-state index contributed by atoms with van der Waals surface area (Å²) in [6.07, 6.45) is 3.83. The Bertz CT molecular complexity index is 872. The first-order chi connectivity index (χ1) is 13.4. The number of benzene rings is 2. The van der Waals surface area contributed by atoms with Gasteiger partial charge in [0.25, 0.3) is 0 Å². The van der Waals surface area contributed by atoms with Crippen LogP contribution in [0.5, 0.6) is 0 Å². The molecule has 0 aliphatic rings. The van der Waals surface area contributed by atoms with Crippen molar-refractivity contribution in [2.24, 2.45) is 0 Å². The molecule has 146 valence electrons. The Morgan fingerprint density at radius 1 is 1.07 bits per heavy atom. The molecule has 0 saturated heterocycles. The second kappa shape index (κ2) is 10.1. The van der Waals surface area contributed by atoms with Crippen LogP contribution >= 0.6 is 0 Å². The Hall–Kier alpha value is -3.41. The average Bonchev–Trinajstić information content (AvgIpc) is 2.72. The fourth-order valence-electron chi connectivity index (χ4n) is 2.58. The molecular formula is C22H24N2O4. The van der Waals surface area contributed by atoms with Crippen molar-refractivity contribution in [2.45, 2.75) is 13.3 Å². The molecule has 1 N–H and O–H groups in total. The number of likely N-dealkylation sites (N-methyl/N-ethyl adjacent to an activating group) is 1. The van der Waals surface area contributed by atoms with E-state index in [0.717, 1.165) is 23.2 Å². The standard InChI is InChI=1S/C22H24N2O4/c1-4-17-7-5-6-8-19(17)23-20(25)15-24(2)21(26)14-11-16-9-12-18(13-10-16)22(27)28-3/h5-14H,4,15H2,1-3H3,(H,23,25). The molecule has 6 nitrogen and oxygen atoms in total. The highest BCUT2D eigenvalue weighted by atomic mass is 16.5. The number of nitrogens with one attached hydrogen (secondary N) is 1. The highest BCUT2D eigenvalue weighted by Gasteiger charge is 2.12. The van der Waals surface area contributed by atoms with Crippen LogP contribution in [0.2, 0.25) is 0 Å². The lowest BCUT2D eigenvalue weighted by molar-refractivity contribution is -0.129. The molecule has 0 aliphatic heterocycles. The zero-order valence-corrected chi connectivity index (χ0v) is 16.3. The predicted octanol–water partition coefficient (Wildman–Crippen LogP) is 3.15. The number of aryl methyl sites for hydroxylation is 1. The van der Waals surface area contributed by atoms with Gasteiger partial charge in [-0.2, -0.15) is 0 Å². The van der Waals surface area contributed by atoms with E-state index in [1.165, 1.54) is 18.1 Å². The molecule has 0 bridgehead atoms. The molecule has 0 aliphatic carbocycles. The van der Waals surface area contributed by atoms with Gasteiger partial charge in [0, 0.05) is 18.8 Å². The fourth-order valence-corrected chi connectivity index (χ4v) is 2.58. The summed E-state index contributed by atoms with van der Waals surface area (Å²) in [6, 6.07) is 14.3. The molecule has 0 fully saturated rings. The monoisotopic (exact) mass is 380 g/mol. The Kier molecular flexibility index (Phi) is 7.51. The van der Waals surface area contributed by atoms with Crippen molar-refractivity contribution in [3.8, 4) is 0 Å². The third kappa shape index (κ3) is 5.81. The van der Waals surface area contributed by atoms with Crippen molar-refractivity contribution in [3.63, 3.8) is 0 Å². The molecule has 0 atom stereocenters. The molecule has 0 aromatic heterocycles. The van der Waals surface area contributed by atoms with E-state index in [4.69, 9.17) is 0 Å². The molecule has 2 aromatic carbocycles. The maximum Gasteiger partial charge on any atom is 0.337 e. The summed E-state index contributed by atoms with van der Waals surface area (Å²) in [7, 11) is 2.89. The van der Waals surface area contributed by atoms with Gasteiger partial charge in [-0.1, -0.05) is 37.3 Å². The number of carbonyl (C=O) groups is 3. The second-order valence-electron chi connectivity index (χ2n) is 6.20. The fraction of sp³-hybridized carbons (Fsp3) is 0.227. The topological polar surface area (TPSA) is 75.7 Å². The molecule has 2 rings (SSSR count). The van der Waals surface area contributed by atoms with Gasteiger partial charge in [0.05, 0.1) is 19.2 Å². The van der Waals surface area contributed by atoms with Gasteiger partial charge in [0.15, 0.2) is 0 Å². The molecule has 28 heavy (non-hydrogen) atoms. The lowest BCUT2D eigenvalue weighted by Crippen LogP contribution is -2.34. The van der Waals surface area contributed by atoms with Gasteiger partial charge in [0.2, 0.25) is 11.8 Å². The largest absolute Gasteiger partial charge is 0.465 e. The number of methoxy groups -OCH3 is 1. The minimum atomic E-state index is -0.415. The van der Waals surface area contributed by atoms with Crippen LogP contribution < -0.4 is 5.32 Å². The smallest absolute Gasteiger partial charge is 0.337 e. The van der Waals surface area contributed by atoms with Crippen LogP contribution in [0.4, 0.5) is 5.69 Å². The zero-order chi connectivity index (χ0) is 20.5. The summed E-state index contributed by atoms with van der Waals surface area (Å²) < 4.78 is 4.64. The van der Waals surface area contributed by atoms with Crippen molar-refractivity contribution < 1.29 is 19.1 Å². The predicted molar refractivity (Wildman–Crippen MR) is 109 cm³/mol. The summed E-state index contributed by atoms with van der Waals surface area (Å²) >= 11 is 0. The number of esters is 1. The Balaban J connectivity index is 1.92. The van der Waals surface area contributed by atoms with E-state index < -0.39 is 5.97 Å². The van der Waals surface area contributed by atoms with E-state index in [2.05, 4.69) is 10.1 Å². The molecule has 0 radical (unpaired) electrons. The summed E-state index contributed by atoms with van der Waals surface area (Å²) in [6.45, 7) is 1.96. The van der Waals surface area contributed by atoms with Gasteiger partial charge in [-0.3, -0.25) is 9.59 Å². The molecule has 0 unspecified atom stereocenters. The van der Waals surface area contributed by atoms with Crippen LogP contribution in [0.25, 0.3) is 6.08 Å². The van der Waals surface area contributed by atoms with E-state index in [9.17, 15) is 14.4 Å². The zero-order valence-electron chi connectivity index (χ0n) is 16.3. The number of ether oxygens (including phenoxy) is 1. The Morgan fingerprint density at radius 2 is 1.75 bits per heavy atom. The molecule has 2 aromatic rings. The number of hydrogen-bond acceptors (Lipinski definition) is 4. The molecule has 2 amide bonds. The maximum atomic E-state index is 12.2. The number of amides is 2. The molecule has 6 heteroatoms. The molecule has 0 saturated carbocycles. The maximum absolute atomic E-state index is 12.2. The highest BCUT2D eigenvalue weighted by Crippen LogP contribution is 2.15. The minimum absolute atomic E-state index is 0.0531. The lowest BCUT2D eigenvalue weighted by atomic mass is 10.1. The number of nitrogens with zero attached hydrogens (tertiary/aromatic N) is 1. The normalized spacial score (nSPS) is 10.5. The van der Waals surface area contributed by atoms with E-state index in [1.807, 2.05) is 31.2 Å². The Morgan fingerprint density at radius 3 is 2.39 bits per heavy atom. The van der Waals surface area contributed by atoms with Crippen LogP contribution in [0, 0.1) is 0 Å². The second-order valence-corrected chi connectivity index (χ2v) is 6.20. The number of rotatable bonds is 7. The Labute approximate surface area is 164 Å². The molecule has 0 spiro atoms. The van der Waals surface area contributed by atoms with Gasteiger partial charge in [-0.05, 0) is 41.8 Å². The number of carbonyl (C=O) groups excluding carboxylic acids is 3. The van der Waals surface area contributed by atoms with Crippen LogP contribution in [0.3, 0.4) is 0 Å².